The van der Waals surface area contributed by atoms with Crippen molar-refractivity contribution in [2.45, 2.75) is 81.9 Å². The van der Waals surface area contributed by atoms with E-state index in [1.807, 2.05) is 0 Å². The molecule has 0 spiro atoms. The van der Waals surface area contributed by atoms with Gasteiger partial charge in [0.2, 0.25) is 0 Å². The predicted octanol–water partition coefficient (Wildman–Crippen LogP) is 4.94. The van der Waals surface area contributed by atoms with Crippen LogP contribution in [0.1, 0.15) is 77.0 Å². The molecule has 3 N–H and O–H groups in total. The second-order valence-corrected chi connectivity index (χ2v) is 8.92. The van der Waals surface area contributed by atoms with Gasteiger partial charge in [0.25, 0.3) is 0 Å². The maximum atomic E-state index is 8.84. The zero-order valence-corrected chi connectivity index (χ0v) is 14.9. The summed E-state index contributed by atoms with van der Waals surface area (Å²) < 4.78 is 0. The van der Waals surface area contributed by atoms with Crippen molar-refractivity contribution in [1.82, 2.24) is 0 Å². The molecule has 0 radical (unpaired) electrons. The molecule has 124 valence electrons. The zero-order valence-electron chi connectivity index (χ0n) is 12.4. The van der Waals surface area contributed by atoms with E-state index < -0.39 is 7.94 Å². The molecule has 0 aromatic carbocycles. The summed E-state index contributed by atoms with van der Waals surface area (Å²) in [6.45, 7) is 0. The summed E-state index contributed by atoms with van der Waals surface area (Å²) in [5.41, 5.74) is 0. The van der Waals surface area contributed by atoms with E-state index in [4.69, 9.17) is 37.9 Å². The van der Waals surface area contributed by atoms with E-state index in [0.717, 1.165) is 32.1 Å². The molecule has 20 heavy (non-hydrogen) atoms. The molecule has 0 aliphatic rings. The summed E-state index contributed by atoms with van der Waals surface area (Å²) in [4.78, 5) is 26.3. The summed E-state index contributed by atoms with van der Waals surface area (Å²) in [6.07, 6.45) is 13.9. The fourth-order valence-corrected chi connectivity index (χ4v) is 3.28. The monoisotopic (exact) mass is 348 g/mol. The quantitative estimate of drug-likeness (QED) is 0.236. The minimum Gasteiger partial charge on any atom is -0.105 e. The molecule has 6 heteroatoms. The van der Waals surface area contributed by atoms with Gasteiger partial charge in [0, 0.05) is 0 Å². The number of halogens is 2. The van der Waals surface area contributed by atoms with Gasteiger partial charge < -0.3 is 0 Å². The van der Waals surface area contributed by atoms with Crippen molar-refractivity contribution in [2.75, 3.05) is 6.16 Å². The topological polar surface area (TPSA) is 60.7 Å². The SMILES string of the molecule is O[PH](O)(O)CCCCCCCCCCCCCC(Cl)Cl. The fraction of sp³-hybridized carbons (Fsp3) is 1.00. The van der Waals surface area contributed by atoms with E-state index in [2.05, 4.69) is 0 Å². The van der Waals surface area contributed by atoms with Crippen molar-refractivity contribution >= 4 is 31.1 Å². The molecule has 3 nitrogen and oxygen atoms in total. The van der Waals surface area contributed by atoms with Gasteiger partial charge in [-0.3, -0.25) is 0 Å². The molecule has 0 saturated carbocycles. The molecule has 0 aliphatic heterocycles. The molecular formula is C14H31Cl2O3P. The van der Waals surface area contributed by atoms with E-state index in [0.29, 0.717) is 0 Å². The maximum absolute atomic E-state index is 8.84. The van der Waals surface area contributed by atoms with Crippen LogP contribution in [0.5, 0.6) is 0 Å². The van der Waals surface area contributed by atoms with Gasteiger partial charge >= 0.3 is 99.4 Å². The molecular weight excluding hydrogens is 318 g/mol. The summed E-state index contributed by atoms with van der Waals surface area (Å²) in [7, 11) is -3.78. The minimum absolute atomic E-state index is 0.179. The third kappa shape index (κ3) is 18.9. The summed E-state index contributed by atoms with van der Waals surface area (Å²) in [5.74, 6) is 0. The molecule has 0 fully saturated rings. The van der Waals surface area contributed by atoms with Crippen LogP contribution < -0.4 is 0 Å². The Labute approximate surface area is 134 Å². The second-order valence-electron chi connectivity index (χ2n) is 5.59. The normalized spacial score (nSPS) is 13.1. The average Bonchev–Trinajstić information content (AvgIpc) is 2.33. The third-order valence-corrected chi connectivity index (χ3v) is 4.90. The first kappa shape index (κ1) is 20.9. The van der Waals surface area contributed by atoms with Crippen molar-refractivity contribution in [3.63, 3.8) is 0 Å². The molecule has 0 aliphatic carbocycles. The smallest absolute Gasteiger partial charge is 0.105 e. The van der Waals surface area contributed by atoms with Gasteiger partial charge in [-0.05, 0) is 6.42 Å². The Kier molecular flexibility index (Phi) is 14.1. The molecule has 0 amide bonds. The van der Waals surface area contributed by atoms with Crippen LogP contribution in [0.2, 0.25) is 0 Å². The van der Waals surface area contributed by atoms with Crippen LogP contribution >= 0.6 is 31.1 Å². The van der Waals surface area contributed by atoms with Crippen LogP contribution in [0, 0.1) is 0 Å². The molecule has 0 aromatic rings. The number of hydrogen-bond donors (Lipinski definition) is 3. The summed E-state index contributed by atoms with van der Waals surface area (Å²) in [6, 6.07) is 0. The van der Waals surface area contributed by atoms with Crippen LogP contribution in [0.4, 0.5) is 0 Å². The molecule has 0 saturated heterocycles. The molecule has 0 rings (SSSR count). The van der Waals surface area contributed by atoms with E-state index >= 15 is 0 Å². The zero-order chi connectivity index (χ0) is 15.3. The van der Waals surface area contributed by atoms with Gasteiger partial charge in [-0.15, -0.1) is 23.2 Å². The molecule has 0 unspecified atom stereocenters. The van der Waals surface area contributed by atoms with Gasteiger partial charge in [-0.2, -0.15) is 0 Å². The van der Waals surface area contributed by atoms with Crippen LogP contribution in [0.3, 0.4) is 0 Å². The number of unbranched alkanes of at least 4 members (excludes halogenated alkanes) is 10. The van der Waals surface area contributed by atoms with E-state index in [-0.39, 0.29) is 11.0 Å². The van der Waals surface area contributed by atoms with E-state index in [9.17, 15) is 0 Å². The minimum atomic E-state index is -3.78. The van der Waals surface area contributed by atoms with Crippen LogP contribution in [-0.4, -0.2) is 25.7 Å². The van der Waals surface area contributed by atoms with Gasteiger partial charge in [0.05, 0.1) is 0 Å². The van der Waals surface area contributed by atoms with E-state index in [1.54, 1.807) is 0 Å². The van der Waals surface area contributed by atoms with Gasteiger partial charge in [-0.1, -0.05) is 0 Å². The molecule has 0 bridgehead atoms. The van der Waals surface area contributed by atoms with Crippen LogP contribution in [-0.2, 0) is 0 Å². The summed E-state index contributed by atoms with van der Waals surface area (Å²) in [5, 5.41) is 0. The first-order valence-corrected chi connectivity index (χ1v) is 10.8. The Morgan fingerprint density at radius 3 is 1.30 bits per heavy atom. The molecule has 0 aromatic heterocycles. The van der Waals surface area contributed by atoms with Crippen molar-refractivity contribution in [2.24, 2.45) is 0 Å². The Morgan fingerprint density at radius 2 is 0.950 bits per heavy atom. The fourth-order valence-electron chi connectivity index (χ4n) is 2.25. The second kappa shape index (κ2) is 13.5. The Hall–Kier alpha value is 0.890. The van der Waals surface area contributed by atoms with E-state index in [1.165, 1.54) is 44.9 Å². The van der Waals surface area contributed by atoms with Gasteiger partial charge in [-0.25, -0.2) is 0 Å². The summed E-state index contributed by atoms with van der Waals surface area (Å²) >= 11 is 11.3. The average molecular weight is 349 g/mol. The Morgan fingerprint density at radius 1 is 0.600 bits per heavy atom. The van der Waals surface area contributed by atoms with Crippen molar-refractivity contribution in [1.29, 1.82) is 0 Å². The van der Waals surface area contributed by atoms with Gasteiger partial charge in [0.15, 0.2) is 0 Å². The van der Waals surface area contributed by atoms with Crippen LogP contribution in [0.15, 0.2) is 0 Å². The van der Waals surface area contributed by atoms with Crippen molar-refractivity contribution in [3.8, 4) is 0 Å². The third-order valence-electron chi connectivity index (χ3n) is 3.43. The number of rotatable bonds is 14. The van der Waals surface area contributed by atoms with Gasteiger partial charge in [0.1, 0.15) is 4.84 Å². The Bertz CT molecular complexity index is 211. The first-order valence-electron chi connectivity index (χ1n) is 7.87. The molecule has 0 atom stereocenters. The number of hydrogen-bond acceptors (Lipinski definition) is 3. The molecule has 0 heterocycles. The van der Waals surface area contributed by atoms with Crippen molar-refractivity contribution < 1.29 is 14.7 Å². The van der Waals surface area contributed by atoms with Crippen LogP contribution in [0.25, 0.3) is 0 Å². The standard InChI is InChI=1S/C14H31Cl2O3P/c15-14(16)12-10-8-6-4-2-1-3-5-7-9-11-13-20(17,18)19/h14,17-20H,1-13H2. The predicted molar refractivity (Wildman–Crippen MR) is 90.7 cm³/mol. The first-order chi connectivity index (χ1) is 9.42. The Balaban J connectivity index is 3.03. The number of alkyl halides is 2. The van der Waals surface area contributed by atoms with Crippen molar-refractivity contribution in [3.05, 3.63) is 0 Å².